The molecule has 0 radical (unpaired) electrons. The van der Waals surface area contributed by atoms with Gasteiger partial charge in [-0.25, -0.2) is 0 Å². The highest BCUT2D eigenvalue weighted by Gasteiger charge is 2.22. The average Bonchev–Trinajstić information content (AvgIpc) is 1.86. The summed E-state index contributed by atoms with van der Waals surface area (Å²) in [5.41, 5.74) is 0. The van der Waals surface area contributed by atoms with Gasteiger partial charge >= 0.3 is 5.92 Å². The number of hydrogen-bond acceptors (Lipinski definition) is 3. The van der Waals surface area contributed by atoms with Gasteiger partial charge in [-0.05, 0) is 24.6 Å². The SMILES string of the molecule is CCOP(=O)(Cl)SC(C)CC. The van der Waals surface area contributed by atoms with E-state index in [1.807, 2.05) is 13.8 Å². The third-order valence-corrected chi connectivity index (χ3v) is 5.84. The first-order valence-corrected chi connectivity index (χ1v) is 7.66. The van der Waals surface area contributed by atoms with E-state index in [1.165, 1.54) is 11.4 Å². The lowest BCUT2D eigenvalue weighted by atomic mass is 10.4. The van der Waals surface area contributed by atoms with E-state index in [0.29, 0.717) is 11.9 Å². The van der Waals surface area contributed by atoms with Gasteiger partial charge in [0, 0.05) is 5.25 Å². The molecule has 0 fully saturated rings. The van der Waals surface area contributed by atoms with Crippen LogP contribution >= 0.6 is 28.5 Å². The molecule has 0 aliphatic rings. The van der Waals surface area contributed by atoms with Crippen LogP contribution in [0.15, 0.2) is 0 Å². The minimum absolute atomic E-state index is 0.296. The van der Waals surface area contributed by atoms with E-state index in [9.17, 15) is 4.57 Å². The van der Waals surface area contributed by atoms with Gasteiger partial charge in [0.05, 0.1) is 6.61 Å². The van der Waals surface area contributed by atoms with Gasteiger partial charge in [0.1, 0.15) is 0 Å². The van der Waals surface area contributed by atoms with Crippen LogP contribution in [-0.2, 0) is 9.09 Å². The third kappa shape index (κ3) is 6.03. The maximum atomic E-state index is 11.3. The van der Waals surface area contributed by atoms with Crippen LogP contribution in [0.4, 0.5) is 0 Å². The molecule has 5 heteroatoms. The molecule has 2 nitrogen and oxygen atoms in total. The van der Waals surface area contributed by atoms with Crippen LogP contribution in [0.3, 0.4) is 0 Å². The maximum absolute atomic E-state index is 11.3. The Hall–Kier alpha value is 0.830. The summed E-state index contributed by atoms with van der Waals surface area (Å²) < 4.78 is 16.2. The molecule has 11 heavy (non-hydrogen) atoms. The molecule has 0 aromatic carbocycles. The fourth-order valence-electron chi connectivity index (χ4n) is 0.474. The summed E-state index contributed by atoms with van der Waals surface area (Å²) in [4.78, 5) is 0. The Kier molecular flexibility index (Phi) is 5.88. The molecular weight excluding hydrogens is 203 g/mol. The van der Waals surface area contributed by atoms with Crippen LogP contribution in [0.2, 0.25) is 0 Å². The molecule has 0 aromatic heterocycles. The van der Waals surface area contributed by atoms with Gasteiger partial charge in [-0.15, -0.1) is 0 Å². The summed E-state index contributed by atoms with van der Waals surface area (Å²) in [5, 5.41) is 0.296. The van der Waals surface area contributed by atoms with Gasteiger partial charge in [-0.2, -0.15) is 0 Å². The molecule has 0 aliphatic carbocycles. The van der Waals surface area contributed by atoms with E-state index in [-0.39, 0.29) is 0 Å². The summed E-state index contributed by atoms with van der Waals surface area (Å²) in [7, 11) is 0. The number of halogens is 1. The van der Waals surface area contributed by atoms with Crippen LogP contribution in [-0.4, -0.2) is 11.9 Å². The zero-order chi connectivity index (χ0) is 8.91. The lowest BCUT2D eigenvalue weighted by Crippen LogP contribution is -1.92. The van der Waals surface area contributed by atoms with Gasteiger partial charge in [-0.1, -0.05) is 25.2 Å². The van der Waals surface area contributed by atoms with Crippen molar-refractivity contribution in [3.8, 4) is 0 Å². The summed E-state index contributed by atoms with van der Waals surface area (Å²) in [6, 6.07) is 0. The van der Waals surface area contributed by atoms with Crippen LogP contribution in [0.5, 0.6) is 0 Å². The third-order valence-electron chi connectivity index (χ3n) is 1.16. The molecular formula is C6H14ClO2PS. The van der Waals surface area contributed by atoms with E-state index in [2.05, 4.69) is 0 Å². The van der Waals surface area contributed by atoms with Gasteiger partial charge in [-0.3, -0.25) is 4.57 Å². The van der Waals surface area contributed by atoms with Crippen molar-refractivity contribution in [1.29, 1.82) is 0 Å². The largest absolute Gasteiger partial charge is 0.346 e. The van der Waals surface area contributed by atoms with Crippen molar-refractivity contribution in [3.05, 3.63) is 0 Å². The van der Waals surface area contributed by atoms with Crippen molar-refractivity contribution < 1.29 is 9.09 Å². The molecule has 0 aromatic rings. The quantitative estimate of drug-likeness (QED) is 0.652. The van der Waals surface area contributed by atoms with E-state index in [0.717, 1.165) is 6.42 Å². The molecule has 0 spiro atoms. The second kappa shape index (κ2) is 5.47. The topological polar surface area (TPSA) is 26.3 Å². The van der Waals surface area contributed by atoms with Gasteiger partial charge in [0.25, 0.3) is 0 Å². The molecule has 0 saturated carbocycles. The highest BCUT2D eigenvalue weighted by Crippen LogP contribution is 2.65. The summed E-state index contributed by atoms with van der Waals surface area (Å²) in [6.07, 6.45) is 0.953. The lowest BCUT2D eigenvalue weighted by molar-refractivity contribution is 0.356. The van der Waals surface area contributed by atoms with Crippen molar-refractivity contribution in [2.45, 2.75) is 32.4 Å². The van der Waals surface area contributed by atoms with Crippen LogP contribution in [0.25, 0.3) is 0 Å². The second-order valence-corrected chi connectivity index (χ2v) is 8.32. The fraction of sp³-hybridized carbons (Fsp3) is 1.00. The minimum Gasteiger partial charge on any atom is -0.310 e. The Bertz CT molecular complexity index is 154. The number of rotatable bonds is 5. The predicted molar refractivity (Wildman–Crippen MR) is 52.4 cm³/mol. The van der Waals surface area contributed by atoms with Crippen LogP contribution < -0.4 is 0 Å². The van der Waals surface area contributed by atoms with E-state index >= 15 is 0 Å². The maximum Gasteiger partial charge on any atom is 0.346 e. The van der Waals surface area contributed by atoms with Crippen molar-refractivity contribution in [2.24, 2.45) is 0 Å². The molecule has 0 N–H and O–H groups in total. The lowest BCUT2D eigenvalue weighted by Gasteiger charge is -2.12. The standard InChI is InChI=1S/C6H14ClO2PS/c1-4-6(3)11-10(7,8)9-5-2/h6H,4-5H2,1-3H3. The molecule has 2 atom stereocenters. The van der Waals surface area contributed by atoms with Crippen molar-refractivity contribution in [2.75, 3.05) is 6.61 Å². The first kappa shape index (κ1) is 11.8. The molecule has 0 rings (SSSR count). The predicted octanol–water partition coefficient (Wildman–Crippen LogP) is 3.90. The second-order valence-electron chi connectivity index (χ2n) is 2.17. The van der Waals surface area contributed by atoms with Crippen molar-refractivity contribution in [3.63, 3.8) is 0 Å². The highest BCUT2D eigenvalue weighted by atomic mass is 35.7. The van der Waals surface area contributed by atoms with Crippen molar-refractivity contribution in [1.82, 2.24) is 0 Å². The van der Waals surface area contributed by atoms with Gasteiger partial charge in [0.2, 0.25) is 0 Å². The molecule has 0 saturated heterocycles. The van der Waals surface area contributed by atoms with Crippen molar-refractivity contribution >= 4 is 28.5 Å². The Morgan fingerprint density at radius 2 is 2.18 bits per heavy atom. The molecule has 2 unspecified atom stereocenters. The van der Waals surface area contributed by atoms with Gasteiger partial charge < -0.3 is 4.52 Å². The van der Waals surface area contributed by atoms with E-state index in [1.54, 1.807) is 6.92 Å². The minimum atomic E-state index is -2.88. The first-order chi connectivity index (χ1) is 5.02. The summed E-state index contributed by atoms with van der Waals surface area (Å²) in [6.45, 7) is 6.20. The Balaban J connectivity index is 3.81. The van der Waals surface area contributed by atoms with Crippen LogP contribution in [0, 0.1) is 0 Å². The zero-order valence-corrected chi connectivity index (χ0v) is 9.51. The Labute approximate surface area is 77.0 Å². The normalized spacial score (nSPS) is 19.3. The number of hydrogen-bond donors (Lipinski definition) is 0. The average molecular weight is 217 g/mol. The summed E-state index contributed by atoms with van der Waals surface area (Å²) >= 11 is 6.83. The monoisotopic (exact) mass is 216 g/mol. The smallest absolute Gasteiger partial charge is 0.310 e. The molecule has 0 bridgehead atoms. The van der Waals surface area contributed by atoms with E-state index < -0.39 is 5.92 Å². The highest BCUT2D eigenvalue weighted by molar-refractivity contribution is 8.64. The summed E-state index contributed by atoms with van der Waals surface area (Å²) in [5.74, 6) is -2.88. The van der Waals surface area contributed by atoms with Crippen LogP contribution in [0.1, 0.15) is 27.2 Å². The first-order valence-electron chi connectivity index (χ1n) is 3.64. The fourth-order valence-corrected chi connectivity index (χ4v) is 5.17. The molecule has 68 valence electrons. The van der Waals surface area contributed by atoms with E-state index in [4.69, 9.17) is 15.8 Å². The molecule has 0 aliphatic heterocycles. The Morgan fingerprint density at radius 1 is 1.64 bits per heavy atom. The molecule has 0 heterocycles. The molecule has 0 amide bonds. The van der Waals surface area contributed by atoms with Gasteiger partial charge in [0.15, 0.2) is 0 Å². The zero-order valence-electron chi connectivity index (χ0n) is 7.04. The Morgan fingerprint density at radius 3 is 2.55 bits per heavy atom.